The van der Waals surface area contributed by atoms with Crippen molar-refractivity contribution in [3.05, 3.63) is 0 Å². The number of aliphatic hydroxyl groups excluding tert-OH is 2. The minimum absolute atomic E-state index is 0.103. The van der Waals surface area contributed by atoms with Gasteiger partial charge in [-0.3, -0.25) is 0 Å². The Labute approximate surface area is 118 Å². The van der Waals surface area contributed by atoms with Crippen molar-refractivity contribution in [2.45, 2.75) is 35.5 Å². The Kier molecular flexibility index (Phi) is 7.98. The molecule has 1 saturated heterocycles. The normalized spacial score (nSPS) is 22.7. The number of methoxy groups -OCH3 is 2. The van der Waals surface area contributed by atoms with Gasteiger partial charge in [0, 0.05) is 14.2 Å². The summed E-state index contributed by atoms with van der Waals surface area (Å²) in [7, 11) is 3.19. The lowest BCUT2D eigenvalue weighted by Gasteiger charge is -2.38. The highest BCUT2D eigenvalue weighted by Crippen LogP contribution is 2.48. The van der Waals surface area contributed by atoms with Gasteiger partial charge in [-0.2, -0.15) is 0 Å². The van der Waals surface area contributed by atoms with Gasteiger partial charge in [0.1, 0.15) is 0 Å². The third-order valence-corrected chi connectivity index (χ3v) is 6.24. The SMILES string of the molecule is COC[C@H](O)CC1(C[C@@H](O)COC)SCCCS1. The molecule has 0 aromatic carbocycles. The van der Waals surface area contributed by atoms with Crippen LogP contribution >= 0.6 is 23.5 Å². The van der Waals surface area contributed by atoms with Crippen molar-refractivity contribution in [1.29, 1.82) is 0 Å². The number of aliphatic hydroxyl groups is 2. The first-order chi connectivity index (χ1) is 8.62. The summed E-state index contributed by atoms with van der Waals surface area (Å²) in [6, 6.07) is 0. The molecule has 0 aliphatic carbocycles. The number of hydrogen-bond donors (Lipinski definition) is 2. The molecule has 1 heterocycles. The van der Waals surface area contributed by atoms with E-state index in [1.165, 1.54) is 6.42 Å². The van der Waals surface area contributed by atoms with Crippen LogP contribution in [0.1, 0.15) is 19.3 Å². The summed E-state index contributed by atoms with van der Waals surface area (Å²) in [4.78, 5) is 0. The van der Waals surface area contributed by atoms with Crippen LogP contribution in [0.4, 0.5) is 0 Å². The smallest absolute Gasteiger partial charge is 0.0794 e. The van der Waals surface area contributed by atoms with Crippen LogP contribution in [0.5, 0.6) is 0 Å². The zero-order chi connectivity index (χ0) is 13.4. The molecule has 6 heteroatoms. The fourth-order valence-corrected chi connectivity index (χ4v) is 5.73. The zero-order valence-corrected chi connectivity index (χ0v) is 12.8. The second-order valence-corrected chi connectivity index (χ2v) is 7.80. The molecule has 0 bridgehead atoms. The van der Waals surface area contributed by atoms with Gasteiger partial charge < -0.3 is 19.7 Å². The number of rotatable bonds is 8. The van der Waals surface area contributed by atoms with Gasteiger partial charge in [0.05, 0.1) is 29.5 Å². The number of hydrogen-bond acceptors (Lipinski definition) is 6. The Morgan fingerprint density at radius 3 is 1.83 bits per heavy atom. The third-order valence-electron chi connectivity index (χ3n) is 2.83. The van der Waals surface area contributed by atoms with E-state index in [1.807, 2.05) is 23.5 Å². The van der Waals surface area contributed by atoms with Gasteiger partial charge in [0.2, 0.25) is 0 Å². The van der Waals surface area contributed by atoms with Crippen LogP contribution in [-0.2, 0) is 9.47 Å². The van der Waals surface area contributed by atoms with E-state index in [-0.39, 0.29) is 4.08 Å². The minimum Gasteiger partial charge on any atom is -0.391 e. The summed E-state index contributed by atoms with van der Waals surface area (Å²) >= 11 is 3.70. The molecule has 0 unspecified atom stereocenters. The van der Waals surface area contributed by atoms with Crippen molar-refractivity contribution in [2.24, 2.45) is 0 Å². The summed E-state index contributed by atoms with van der Waals surface area (Å²) in [5.74, 6) is 2.18. The van der Waals surface area contributed by atoms with Crippen molar-refractivity contribution >= 4 is 23.5 Å². The lowest BCUT2D eigenvalue weighted by Crippen LogP contribution is -2.36. The minimum atomic E-state index is -0.470. The molecule has 1 aliphatic heterocycles. The highest BCUT2D eigenvalue weighted by atomic mass is 32.2. The van der Waals surface area contributed by atoms with Crippen molar-refractivity contribution < 1.29 is 19.7 Å². The standard InChI is InChI=1S/C12H24O4S2/c1-15-8-10(13)6-12(7-11(14)9-16-2)17-4-3-5-18-12/h10-11,13-14H,3-9H2,1-2H3/t10-,11-/m1/s1. The molecule has 0 spiro atoms. The molecule has 108 valence electrons. The van der Waals surface area contributed by atoms with Crippen LogP contribution in [0.25, 0.3) is 0 Å². The van der Waals surface area contributed by atoms with Gasteiger partial charge in [-0.25, -0.2) is 0 Å². The summed E-state index contributed by atoms with van der Waals surface area (Å²) in [5, 5.41) is 19.9. The third kappa shape index (κ3) is 5.67. The molecule has 2 N–H and O–H groups in total. The second-order valence-electron chi connectivity index (χ2n) is 4.59. The molecule has 1 fully saturated rings. The molecular weight excluding hydrogens is 272 g/mol. The van der Waals surface area contributed by atoms with Crippen molar-refractivity contribution in [1.82, 2.24) is 0 Å². The maximum absolute atomic E-state index is 9.94. The molecule has 0 aromatic heterocycles. The van der Waals surface area contributed by atoms with Crippen molar-refractivity contribution in [2.75, 3.05) is 38.9 Å². The molecule has 0 amide bonds. The largest absolute Gasteiger partial charge is 0.391 e. The first-order valence-electron chi connectivity index (χ1n) is 6.24. The van der Waals surface area contributed by atoms with E-state index in [0.29, 0.717) is 26.1 Å². The number of ether oxygens (including phenoxy) is 2. The number of thioether (sulfide) groups is 2. The molecule has 0 aromatic rings. The highest BCUT2D eigenvalue weighted by molar-refractivity contribution is 8.18. The summed E-state index contributed by atoms with van der Waals surface area (Å²) in [6.45, 7) is 0.701. The zero-order valence-electron chi connectivity index (χ0n) is 11.1. The van der Waals surface area contributed by atoms with Crippen LogP contribution in [-0.4, -0.2) is 65.4 Å². The Bertz CT molecular complexity index is 206. The summed E-state index contributed by atoms with van der Waals surface area (Å²) in [6.07, 6.45) is 1.55. The second kappa shape index (κ2) is 8.66. The molecule has 2 atom stereocenters. The van der Waals surface area contributed by atoms with Gasteiger partial charge in [-0.15, -0.1) is 23.5 Å². The first-order valence-corrected chi connectivity index (χ1v) is 8.21. The van der Waals surface area contributed by atoms with E-state index in [0.717, 1.165) is 11.5 Å². The fourth-order valence-electron chi connectivity index (χ4n) is 2.16. The van der Waals surface area contributed by atoms with Crippen LogP contribution in [0.3, 0.4) is 0 Å². The monoisotopic (exact) mass is 296 g/mol. The molecule has 1 aliphatic rings. The predicted octanol–water partition coefficient (Wildman–Crippen LogP) is 1.35. The quantitative estimate of drug-likeness (QED) is 0.705. The Morgan fingerprint density at radius 1 is 1.00 bits per heavy atom. The predicted molar refractivity (Wildman–Crippen MR) is 77.3 cm³/mol. The van der Waals surface area contributed by atoms with Crippen LogP contribution in [0.15, 0.2) is 0 Å². The molecule has 0 radical (unpaired) electrons. The van der Waals surface area contributed by atoms with E-state index < -0.39 is 12.2 Å². The van der Waals surface area contributed by atoms with E-state index in [1.54, 1.807) is 14.2 Å². The summed E-state index contributed by atoms with van der Waals surface area (Å²) < 4.78 is 9.87. The van der Waals surface area contributed by atoms with E-state index in [9.17, 15) is 10.2 Å². The molecule has 0 saturated carbocycles. The molecular formula is C12H24O4S2. The van der Waals surface area contributed by atoms with E-state index in [4.69, 9.17) is 9.47 Å². The van der Waals surface area contributed by atoms with Crippen molar-refractivity contribution in [3.8, 4) is 0 Å². The Balaban J connectivity index is 2.56. The maximum Gasteiger partial charge on any atom is 0.0794 e. The Morgan fingerprint density at radius 2 is 1.44 bits per heavy atom. The topological polar surface area (TPSA) is 58.9 Å². The van der Waals surface area contributed by atoms with Gasteiger partial charge in [0.15, 0.2) is 0 Å². The van der Waals surface area contributed by atoms with E-state index >= 15 is 0 Å². The van der Waals surface area contributed by atoms with Crippen LogP contribution < -0.4 is 0 Å². The average Bonchev–Trinajstić information content (AvgIpc) is 2.30. The average molecular weight is 296 g/mol. The lowest BCUT2D eigenvalue weighted by molar-refractivity contribution is 0.0395. The van der Waals surface area contributed by atoms with Gasteiger partial charge >= 0.3 is 0 Å². The molecule has 4 nitrogen and oxygen atoms in total. The van der Waals surface area contributed by atoms with Crippen molar-refractivity contribution in [3.63, 3.8) is 0 Å². The molecule has 1 rings (SSSR count). The van der Waals surface area contributed by atoms with E-state index in [2.05, 4.69) is 0 Å². The van der Waals surface area contributed by atoms with Crippen LogP contribution in [0, 0.1) is 0 Å². The first kappa shape index (κ1) is 16.6. The maximum atomic E-state index is 9.94. The van der Waals surface area contributed by atoms with Gasteiger partial charge in [-0.05, 0) is 30.8 Å². The molecule has 18 heavy (non-hydrogen) atoms. The van der Waals surface area contributed by atoms with Crippen LogP contribution in [0.2, 0.25) is 0 Å². The van der Waals surface area contributed by atoms with Gasteiger partial charge in [-0.1, -0.05) is 0 Å². The Hall–Kier alpha value is 0.540. The van der Waals surface area contributed by atoms with Gasteiger partial charge in [0.25, 0.3) is 0 Å². The summed E-state index contributed by atoms with van der Waals surface area (Å²) in [5.41, 5.74) is 0. The highest BCUT2D eigenvalue weighted by Gasteiger charge is 2.37. The fraction of sp³-hybridized carbons (Fsp3) is 1.00. The lowest BCUT2D eigenvalue weighted by atomic mass is 10.1.